The summed E-state index contributed by atoms with van der Waals surface area (Å²) in [5, 5.41) is 0. The maximum absolute atomic E-state index is 2.18. The predicted molar refractivity (Wildman–Crippen MR) is 29.7 cm³/mol. The van der Waals surface area contributed by atoms with Crippen LogP contribution in [-0.2, 0) is 17.1 Å². The Bertz CT molecular complexity index is 39.4. The third kappa shape index (κ3) is 10.7. The molecule has 0 aromatic carbocycles. The number of hydrogen-bond acceptors (Lipinski definition) is 0. The second-order valence-corrected chi connectivity index (χ2v) is 1.36. The van der Waals surface area contributed by atoms with Gasteiger partial charge in [0, 0.05) is 17.1 Å². The fourth-order valence-corrected chi connectivity index (χ4v) is 0.333. The minimum Gasteiger partial charge on any atom is -0.0917 e. The number of unbranched alkanes of at least 4 members (excludes halogenated alkanes) is 1. The van der Waals surface area contributed by atoms with Gasteiger partial charge in [0.05, 0.1) is 0 Å². The second-order valence-electron chi connectivity index (χ2n) is 1.36. The average Bonchev–Trinajstić information content (AvgIpc) is 1.61. The Morgan fingerprint density at radius 2 is 2.00 bits per heavy atom. The summed E-state index contributed by atoms with van der Waals surface area (Å²) < 4.78 is 0. The molecule has 0 amide bonds. The van der Waals surface area contributed by atoms with Crippen molar-refractivity contribution in [1.29, 1.82) is 0 Å². The number of rotatable bonds is 2. The fourth-order valence-electron chi connectivity index (χ4n) is 0.333. The Hall–Kier alpha value is 0.259. The number of hydrogen-bond donors (Lipinski definition) is 0. The van der Waals surface area contributed by atoms with Crippen LogP contribution in [0.3, 0.4) is 0 Å². The van der Waals surface area contributed by atoms with Crippen molar-refractivity contribution >= 4 is 0 Å². The Morgan fingerprint density at radius 1 is 1.43 bits per heavy atom. The third-order valence-corrected chi connectivity index (χ3v) is 0.691. The van der Waals surface area contributed by atoms with Gasteiger partial charge in [0.25, 0.3) is 0 Å². The zero-order chi connectivity index (χ0) is 4.83. The molecule has 44 valence electrons. The SMILES string of the molecule is C/C=C/CCC.[Fe]. The van der Waals surface area contributed by atoms with Gasteiger partial charge in [-0.1, -0.05) is 25.5 Å². The molecule has 0 aromatic heterocycles. The first-order valence-electron chi connectivity index (χ1n) is 2.53. The largest absolute Gasteiger partial charge is 0.0917 e. The van der Waals surface area contributed by atoms with Gasteiger partial charge in [-0.05, 0) is 13.3 Å². The Morgan fingerprint density at radius 3 is 2.14 bits per heavy atom. The van der Waals surface area contributed by atoms with Crippen molar-refractivity contribution in [2.45, 2.75) is 26.7 Å². The number of allylic oxidation sites excluding steroid dienone is 2. The van der Waals surface area contributed by atoms with E-state index >= 15 is 0 Å². The van der Waals surface area contributed by atoms with E-state index < -0.39 is 0 Å². The molecule has 0 rings (SSSR count). The second kappa shape index (κ2) is 9.54. The Kier molecular flexibility index (Phi) is 14.0. The van der Waals surface area contributed by atoms with Crippen LogP contribution in [0.25, 0.3) is 0 Å². The van der Waals surface area contributed by atoms with Crippen LogP contribution in [0.2, 0.25) is 0 Å². The summed E-state index contributed by atoms with van der Waals surface area (Å²) in [6, 6.07) is 0. The van der Waals surface area contributed by atoms with E-state index in [1.807, 2.05) is 0 Å². The molecule has 0 aromatic rings. The van der Waals surface area contributed by atoms with Crippen LogP contribution in [0.15, 0.2) is 12.2 Å². The minimum absolute atomic E-state index is 0. The van der Waals surface area contributed by atoms with Gasteiger partial charge in [0.15, 0.2) is 0 Å². The standard InChI is InChI=1S/C6H12.Fe/c1-3-5-6-4-2;/h3,5H,4,6H2,1-2H3;/b5-3+;. The maximum Gasteiger partial charge on any atom is 0 e. The van der Waals surface area contributed by atoms with Gasteiger partial charge in [0.2, 0.25) is 0 Å². The molecule has 1 heteroatoms. The molecule has 0 atom stereocenters. The van der Waals surface area contributed by atoms with E-state index in [9.17, 15) is 0 Å². The summed E-state index contributed by atoms with van der Waals surface area (Å²) in [6.07, 6.45) is 6.77. The van der Waals surface area contributed by atoms with Crippen LogP contribution < -0.4 is 0 Å². The van der Waals surface area contributed by atoms with Crippen LogP contribution in [0.1, 0.15) is 26.7 Å². The molecule has 0 aliphatic heterocycles. The van der Waals surface area contributed by atoms with Crippen LogP contribution in [0, 0.1) is 0 Å². The van der Waals surface area contributed by atoms with Crippen molar-refractivity contribution in [2.24, 2.45) is 0 Å². The molecule has 0 unspecified atom stereocenters. The summed E-state index contributed by atoms with van der Waals surface area (Å²) in [5.41, 5.74) is 0. The smallest absolute Gasteiger partial charge is 0 e. The summed E-state index contributed by atoms with van der Waals surface area (Å²) in [6.45, 7) is 4.23. The van der Waals surface area contributed by atoms with Crippen LogP contribution in [0.4, 0.5) is 0 Å². The first-order valence-corrected chi connectivity index (χ1v) is 2.53. The summed E-state index contributed by atoms with van der Waals surface area (Å²) >= 11 is 0. The van der Waals surface area contributed by atoms with E-state index in [4.69, 9.17) is 0 Å². The topological polar surface area (TPSA) is 0 Å². The molecule has 0 heterocycles. The van der Waals surface area contributed by atoms with Gasteiger partial charge in [-0.25, -0.2) is 0 Å². The van der Waals surface area contributed by atoms with Crippen molar-refractivity contribution in [3.05, 3.63) is 12.2 Å². The van der Waals surface area contributed by atoms with Gasteiger partial charge >= 0.3 is 0 Å². The molecule has 0 bridgehead atoms. The van der Waals surface area contributed by atoms with E-state index in [0.29, 0.717) is 0 Å². The van der Waals surface area contributed by atoms with Crippen LogP contribution in [-0.4, -0.2) is 0 Å². The summed E-state index contributed by atoms with van der Waals surface area (Å²) in [5.74, 6) is 0. The van der Waals surface area contributed by atoms with E-state index in [1.54, 1.807) is 0 Å². The molecule has 7 heavy (non-hydrogen) atoms. The molecule has 0 radical (unpaired) electrons. The van der Waals surface area contributed by atoms with Crippen molar-refractivity contribution in [3.63, 3.8) is 0 Å². The molecule has 0 aliphatic rings. The molecule has 0 spiro atoms. The zero-order valence-corrected chi connectivity index (χ0v) is 6.03. The van der Waals surface area contributed by atoms with Gasteiger partial charge in [-0.3, -0.25) is 0 Å². The normalized spacial score (nSPS) is 8.86. The third-order valence-electron chi connectivity index (χ3n) is 0.691. The van der Waals surface area contributed by atoms with Crippen molar-refractivity contribution in [3.8, 4) is 0 Å². The maximum atomic E-state index is 2.18. The molecule has 0 saturated heterocycles. The quantitative estimate of drug-likeness (QED) is 0.408. The summed E-state index contributed by atoms with van der Waals surface area (Å²) in [4.78, 5) is 0. The van der Waals surface area contributed by atoms with E-state index in [1.165, 1.54) is 12.8 Å². The van der Waals surface area contributed by atoms with Gasteiger partial charge in [-0.2, -0.15) is 0 Å². The molecule has 0 nitrogen and oxygen atoms in total. The van der Waals surface area contributed by atoms with Gasteiger partial charge in [-0.15, -0.1) is 0 Å². The van der Waals surface area contributed by atoms with Crippen LogP contribution >= 0.6 is 0 Å². The molecular weight excluding hydrogens is 128 g/mol. The Labute approximate surface area is 56.5 Å². The Balaban J connectivity index is 0. The first kappa shape index (κ1) is 10.3. The van der Waals surface area contributed by atoms with Crippen molar-refractivity contribution in [2.75, 3.05) is 0 Å². The fraction of sp³-hybridized carbons (Fsp3) is 0.667. The van der Waals surface area contributed by atoms with E-state index in [2.05, 4.69) is 26.0 Å². The van der Waals surface area contributed by atoms with E-state index in [-0.39, 0.29) is 17.1 Å². The molecule has 0 N–H and O–H groups in total. The monoisotopic (exact) mass is 140 g/mol. The minimum atomic E-state index is 0. The van der Waals surface area contributed by atoms with Gasteiger partial charge < -0.3 is 0 Å². The first-order chi connectivity index (χ1) is 2.91. The van der Waals surface area contributed by atoms with E-state index in [0.717, 1.165) is 0 Å². The molecular formula is C6H12Fe. The summed E-state index contributed by atoms with van der Waals surface area (Å²) in [7, 11) is 0. The zero-order valence-electron chi connectivity index (χ0n) is 4.92. The van der Waals surface area contributed by atoms with Gasteiger partial charge in [0.1, 0.15) is 0 Å². The van der Waals surface area contributed by atoms with Crippen molar-refractivity contribution < 1.29 is 17.1 Å². The molecule has 0 aliphatic carbocycles. The molecule has 0 saturated carbocycles. The van der Waals surface area contributed by atoms with Crippen molar-refractivity contribution in [1.82, 2.24) is 0 Å². The molecule has 0 fully saturated rings. The predicted octanol–water partition coefficient (Wildman–Crippen LogP) is 2.36. The average molecular weight is 140 g/mol. The van der Waals surface area contributed by atoms with Crippen LogP contribution in [0.5, 0.6) is 0 Å².